The molecule has 4 nitrogen and oxygen atoms in total. The van der Waals surface area contributed by atoms with Gasteiger partial charge >= 0.3 is 0 Å². The van der Waals surface area contributed by atoms with Gasteiger partial charge in [0, 0.05) is 17.0 Å². The lowest BCUT2D eigenvalue weighted by Crippen LogP contribution is -2.14. The summed E-state index contributed by atoms with van der Waals surface area (Å²) in [5.74, 6) is 1.16. The molecule has 24 heavy (non-hydrogen) atoms. The van der Waals surface area contributed by atoms with Crippen LogP contribution < -0.4 is 14.8 Å². The Balaban J connectivity index is 1.58. The van der Waals surface area contributed by atoms with Crippen molar-refractivity contribution in [3.05, 3.63) is 47.8 Å². The lowest BCUT2D eigenvalue weighted by atomic mass is 10.2. The molecule has 0 saturated carbocycles. The van der Waals surface area contributed by atoms with Gasteiger partial charge in [-0.25, -0.2) is 4.39 Å². The Morgan fingerprint density at radius 2 is 1.96 bits per heavy atom. The minimum Gasteiger partial charge on any atom is -0.490 e. The lowest BCUT2D eigenvalue weighted by molar-refractivity contribution is -0.113. The Morgan fingerprint density at radius 1 is 1.17 bits per heavy atom. The van der Waals surface area contributed by atoms with Crippen LogP contribution in [0, 0.1) is 12.7 Å². The normalized spacial score (nSPS) is 13.2. The number of ether oxygens (including phenoxy) is 2. The predicted molar refractivity (Wildman–Crippen MR) is 92.5 cm³/mol. The molecule has 1 amide bonds. The molecule has 0 aliphatic carbocycles. The van der Waals surface area contributed by atoms with Crippen LogP contribution in [-0.4, -0.2) is 24.9 Å². The van der Waals surface area contributed by atoms with E-state index < -0.39 is 0 Å². The van der Waals surface area contributed by atoms with Crippen molar-refractivity contribution in [2.75, 3.05) is 24.3 Å². The van der Waals surface area contributed by atoms with Crippen molar-refractivity contribution in [1.29, 1.82) is 0 Å². The van der Waals surface area contributed by atoms with E-state index in [1.165, 1.54) is 17.8 Å². The van der Waals surface area contributed by atoms with Crippen LogP contribution in [0.5, 0.6) is 11.5 Å². The van der Waals surface area contributed by atoms with Gasteiger partial charge in [-0.15, -0.1) is 11.8 Å². The molecule has 0 radical (unpaired) electrons. The summed E-state index contributed by atoms with van der Waals surface area (Å²) in [5, 5.41) is 2.70. The van der Waals surface area contributed by atoms with Gasteiger partial charge in [-0.3, -0.25) is 4.79 Å². The van der Waals surface area contributed by atoms with Gasteiger partial charge in [-0.2, -0.15) is 0 Å². The third kappa shape index (κ3) is 4.20. The highest BCUT2D eigenvalue weighted by atomic mass is 32.2. The molecule has 1 aliphatic heterocycles. The molecule has 126 valence electrons. The standard InChI is InChI=1S/C18H18FNO3S/c1-12-3-4-13(9-15(12)19)20-18(21)11-24-14-5-6-16-17(10-14)23-8-2-7-22-16/h3-6,9-10H,2,7-8,11H2,1H3,(H,20,21). The van der Waals surface area contributed by atoms with Gasteiger partial charge < -0.3 is 14.8 Å². The van der Waals surface area contributed by atoms with Crippen LogP contribution in [0.3, 0.4) is 0 Å². The molecular formula is C18H18FNO3S. The number of benzene rings is 2. The van der Waals surface area contributed by atoms with Crippen LogP contribution >= 0.6 is 11.8 Å². The van der Waals surface area contributed by atoms with Crippen molar-refractivity contribution < 1.29 is 18.7 Å². The summed E-state index contributed by atoms with van der Waals surface area (Å²) in [6.45, 7) is 2.95. The number of hydrogen-bond acceptors (Lipinski definition) is 4. The minimum absolute atomic E-state index is 0.185. The number of thioether (sulfide) groups is 1. The lowest BCUT2D eigenvalue weighted by Gasteiger charge is -2.09. The van der Waals surface area contributed by atoms with Crippen molar-refractivity contribution in [1.82, 2.24) is 0 Å². The Bertz CT molecular complexity index is 751. The fourth-order valence-electron chi connectivity index (χ4n) is 2.25. The third-order valence-corrected chi connectivity index (χ3v) is 4.54. The maximum atomic E-state index is 13.5. The number of nitrogens with one attached hydrogen (secondary N) is 1. The van der Waals surface area contributed by atoms with Crippen molar-refractivity contribution in [2.45, 2.75) is 18.2 Å². The summed E-state index contributed by atoms with van der Waals surface area (Å²) in [4.78, 5) is 12.9. The van der Waals surface area contributed by atoms with Gasteiger partial charge in [0.2, 0.25) is 5.91 Å². The Kier molecular flexibility index (Phi) is 5.25. The second-order valence-electron chi connectivity index (χ2n) is 5.46. The summed E-state index contributed by atoms with van der Waals surface area (Å²) in [7, 11) is 0. The average molecular weight is 347 g/mol. The zero-order chi connectivity index (χ0) is 16.9. The maximum absolute atomic E-state index is 13.5. The topological polar surface area (TPSA) is 47.6 Å². The molecule has 0 saturated heterocycles. The first-order chi connectivity index (χ1) is 11.6. The molecule has 3 rings (SSSR count). The molecule has 0 atom stereocenters. The Hall–Kier alpha value is -2.21. The van der Waals surface area contributed by atoms with Gasteiger partial charge in [0.25, 0.3) is 0 Å². The van der Waals surface area contributed by atoms with E-state index in [1.54, 1.807) is 19.1 Å². The molecule has 0 spiro atoms. The van der Waals surface area contributed by atoms with Crippen LogP contribution in [0.2, 0.25) is 0 Å². The molecule has 0 unspecified atom stereocenters. The second kappa shape index (κ2) is 7.57. The van der Waals surface area contributed by atoms with E-state index in [0.717, 1.165) is 17.1 Å². The van der Waals surface area contributed by atoms with Gasteiger partial charge in [0.15, 0.2) is 11.5 Å². The summed E-state index contributed by atoms with van der Waals surface area (Å²) in [5.41, 5.74) is 1.01. The van der Waals surface area contributed by atoms with E-state index in [9.17, 15) is 9.18 Å². The quantitative estimate of drug-likeness (QED) is 0.849. The molecule has 2 aromatic rings. The highest BCUT2D eigenvalue weighted by molar-refractivity contribution is 8.00. The number of anilines is 1. The highest BCUT2D eigenvalue weighted by Gasteiger charge is 2.12. The van der Waals surface area contributed by atoms with Gasteiger partial charge in [-0.05, 0) is 42.8 Å². The van der Waals surface area contributed by atoms with Crippen molar-refractivity contribution in [3.63, 3.8) is 0 Å². The summed E-state index contributed by atoms with van der Waals surface area (Å²) >= 11 is 1.39. The van der Waals surface area contributed by atoms with Crippen LogP contribution in [0.25, 0.3) is 0 Å². The molecule has 1 heterocycles. The van der Waals surface area contributed by atoms with Crippen LogP contribution in [0.1, 0.15) is 12.0 Å². The molecule has 1 N–H and O–H groups in total. The first-order valence-corrected chi connectivity index (χ1v) is 8.69. The number of aryl methyl sites for hydroxylation is 1. The molecule has 2 aromatic carbocycles. The number of hydrogen-bond donors (Lipinski definition) is 1. The SMILES string of the molecule is Cc1ccc(NC(=O)CSc2ccc3c(c2)OCCCO3)cc1F. The molecule has 0 fully saturated rings. The number of halogens is 1. The largest absolute Gasteiger partial charge is 0.490 e. The van der Waals surface area contributed by atoms with Crippen molar-refractivity contribution >= 4 is 23.4 Å². The highest BCUT2D eigenvalue weighted by Crippen LogP contribution is 2.33. The minimum atomic E-state index is -0.330. The monoisotopic (exact) mass is 347 g/mol. The zero-order valence-electron chi connectivity index (χ0n) is 13.3. The van der Waals surface area contributed by atoms with E-state index in [1.807, 2.05) is 18.2 Å². The second-order valence-corrected chi connectivity index (χ2v) is 6.51. The number of fused-ring (bicyclic) bond motifs is 1. The van der Waals surface area contributed by atoms with Crippen LogP contribution in [0.4, 0.5) is 10.1 Å². The zero-order valence-corrected chi connectivity index (χ0v) is 14.1. The number of carbonyl (C=O) groups excluding carboxylic acids is 1. The van der Waals surface area contributed by atoms with E-state index in [2.05, 4.69) is 5.32 Å². The van der Waals surface area contributed by atoms with E-state index in [-0.39, 0.29) is 17.5 Å². The van der Waals surface area contributed by atoms with E-state index in [4.69, 9.17) is 9.47 Å². The van der Waals surface area contributed by atoms with Crippen LogP contribution in [-0.2, 0) is 4.79 Å². The smallest absolute Gasteiger partial charge is 0.234 e. The summed E-state index contributed by atoms with van der Waals surface area (Å²) < 4.78 is 24.7. The van der Waals surface area contributed by atoms with E-state index in [0.29, 0.717) is 30.2 Å². The maximum Gasteiger partial charge on any atom is 0.234 e. The fraction of sp³-hybridized carbons (Fsp3) is 0.278. The Morgan fingerprint density at radius 3 is 2.75 bits per heavy atom. The molecule has 6 heteroatoms. The first kappa shape index (κ1) is 16.6. The van der Waals surface area contributed by atoms with Gasteiger partial charge in [0.05, 0.1) is 19.0 Å². The van der Waals surface area contributed by atoms with E-state index >= 15 is 0 Å². The summed E-state index contributed by atoms with van der Waals surface area (Å²) in [6.07, 6.45) is 0.854. The molecular weight excluding hydrogens is 329 g/mol. The van der Waals surface area contributed by atoms with Gasteiger partial charge in [0.1, 0.15) is 5.82 Å². The molecule has 1 aliphatic rings. The Labute approximate surface area is 144 Å². The van der Waals surface area contributed by atoms with Crippen molar-refractivity contribution in [3.8, 4) is 11.5 Å². The number of amides is 1. The molecule has 0 bridgehead atoms. The number of rotatable bonds is 4. The fourth-order valence-corrected chi connectivity index (χ4v) is 2.97. The summed E-state index contributed by atoms with van der Waals surface area (Å²) in [6, 6.07) is 10.3. The molecule has 0 aromatic heterocycles. The number of carbonyl (C=O) groups is 1. The first-order valence-electron chi connectivity index (χ1n) is 7.70. The average Bonchev–Trinajstić information content (AvgIpc) is 2.81. The van der Waals surface area contributed by atoms with Crippen molar-refractivity contribution in [2.24, 2.45) is 0 Å². The third-order valence-electron chi connectivity index (χ3n) is 3.54. The van der Waals surface area contributed by atoms with Gasteiger partial charge in [-0.1, -0.05) is 6.07 Å². The predicted octanol–water partition coefficient (Wildman–Crippen LogP) is 4.03. The van der Waals surface area contributed by atoms with Crippen LogP contribution in [0.15, 0.2) is 41.3 Å².